The molecule has 0 radical (unpaired) electrons. The predicted octanol–water partition coefficient (Wildman–Crippen LogP) is 2.91. The van der Waals surface area contributed by atoms with E-state index in [9.17, 15) is 13.2 Å². The second kappa shape index (κ2) is 2.98. The van der Waals surface area contributed by atoms with Crippen LogP contribution in [0, 0.1) is 17.6 Å². The molecule has 1 heterocycles. The van der Waals surface area contributed by atoms with Gasteiger partial charge in [-0.1, -0.05) is 11.6 Å². The van der Waals surface area contributed by atoms with Crippen molar-refractivity contribution in [2.24, 2.45) is 0 Å². The lowest BCUT2D eigenvalue weighted by Crippen LogP contribution is -1.96. The molecule has 1 aromatic heterocycles. The largest absolute Gasteiger partial charge is 0.253 e. The molecule has 0 N–H and O–H groups in total. The van der Waals surface area contributed by atoms with Gasteiger partial charge in [0, 0.05) is 0 Å². The summed E-state index contributed by atoms with van der Waals surface area (Å²) in [7, 11) is 0. The smallest absolute Gasteiger partial charge is 0.208 e. The molecule has 0 saturated heterocycles. The van der Waals surface area contributed by atoms with Gasteiger partial charge in [-0.3, -0.25) is 0 Å². The topological polar surface area (TPSA) is 12.9 Å². The van der Waals surface area contributed by atoms with Crippen LogP contribution < -0.4 is 0 Å². The van der Waals surface area contributed by atoms with E-state index in [0.29, 0.717) is 0 Å². The quantitative estimate of drug-likeness (QED) is 0.641. The lowest BCUT2D eigenvalue weighted by atomic mass is 10.4. The molecule has 1 aromatic rings. The van der Waals surface area contributed by atoms with Crippen LogP contribution in [-0.2, 0) is 0 Å². The zero-order valence-corrected chi connectivity index (χ0v) is 7.18. The van der Waals surface area contributed by atoms with Gasteiger partial charge < -0.3 is 0 Å². The van der Waals surface area contributed by atoms with Crippen LogP contribution >= 0.6 is 27.5 Å². The first-order chi connectivity index (χ1) is 5.04. The molecule has 0 saturated carbocycles. The van der Waals surface area contributed by atoms with Gasteiger partial charge in [0.1, 0.15) is 9.63 Å². The van der Waals surface area contributed by atoms with Crippen LogP contribution in [0.5, 0.6) is 0 Å². The summed E-state index contributed by atoms with van der Waals surface area (Å²) in [5.74, 6) is -4.62. The number of hydrogen-bond acceptors (Lipinski definition) is 1. The van der Waals surface area contributed by atoms with Gasteiger partial charge in [-0.25, -0.2) is 9.37 Å². The number of halogens is 5. The van der Waals surface area contributed by atoms with E-state index in [4.69, 9.17) is 11.6 Å². The second-order valence-corrected chi connectivity index (χ2v) is 2.76. The summed E-state index contributed by atoms with van der Waals surface area (Å²) in [6, 6.07) is 0. The SMILES string of the molecule is Fc1nc(Br)c(Cl)c(F)c1F. The predicted molar refractivity (Wildman–Crippen MR) is 36.8 cm³/mol. The molecule has 6 heteroatoms. The highest BCUT2D eigenvalue weighted by Crippen LogP contribution is 2.25. The summed E-state index contributed by atoms with van der Waals surface area (Å²) in [6.45, 7) is 0. The first-order valence-electron chi connectivity index (χ1n) is 2.39. The minimum atomic E-state index is -1.67. The molecule has 0 aromatic carbocycles. The van der Waals surface area contributed by atoms with Gasteiger partial charge in [-0.05, 0) is 15.9 Å². The first kappa shape index (κ1) is 8.80. The highest BCUT2D eigenvalue weighted by molar-refractivity contribution is 9.10. The Hall–Kier alpha value is -0.290. The molecular formula is C5BrClF3N. The third kappa shape index (κ3) is 1.49. The van der Waals surface area contributed by atoms with Crippen molar-refractivity contribution in [3.63, 3.8) is 0 Å². The third-order valence-electron chi connectivity index (χ3n) is 0.944. The molecule has 0 atom stereocenters. The standard InChI is InChI=1S/C5BrClF3N/c6-4-1(7)2(8)3(9)5(10)11-4. The zero-order valence-electron chi connectivity index (χ0n) is 4.84. The van der Waals surface area contributed by atoms with Gasteiger partial charge >= 0.3 is 0 Å². The maximum absolute atomic E-state index is 12.4. The second-order valence-electron chi connectivity index (χ2n) is 1.64. The molecule has 0 bridgehead atoms. The Morgan fingerprint density at radius 3 is 2.27 bits per heavy atom. The lowest BCUT2D eigenvalue weighted by Gasteiger charge is -1.98. The van der Waals surface area contributed by atoms with Crippen LogP contribution in [0.1, 0.15) is 0 Å². The third-order valence-corrected chi connectivity index (χ3v) is 2.09. The van der Waals surface area contributed by atoms with E-state index in [1.807, 2.05) is 0 Å². The minimum Gasteiger partial charge on any atom is -0.208 e. The Morgan fingerprint density at radius 2 is 1.73 bits per heavy atom. The van der Waals surface area contributed by atoms with Gasteiger partial charge in [-0.15, -0.1) is 0 Å². The van der Waals surface area contributed by atoms with Crippen LogP contribution in [-0.4, -0.2) is 4.98 Å². The molecule has 11 heavy (non-hydrogen) atoms. The number of nitrogens with zero attached hydrogens (tertiary/aromatic N) is 1. The Balaban J connectivity index is 3.46. The van der Waals surface area contributed by atoms with Crippen molar-refractivity contribution in [3.05, 3.63) is 27.2 Å². The average molecular weight is 246 g/mol. The molecular weight excluding hydrogens is 246 g/mol. The number of pyridine rings is 1. The van der Waals surface area contributed by atoms with E-state index in [0.717, 1.165) is 0 Å². The summed E-state index contributed by atoms with van der Waals surface area (Å²) in [4.78, 5) is 2.94. The van der Waals surface area contributed by atoms with E-state index >= 15 is 0 Å². The zero-order chi connectivity index (χ0) is 8.59. The Bertz CT molecular complexity index is 278. The maximum Gasteiger partial charge on any atom is 0.253 e. The van der Waals surface area contributed by atoms with Gasteiger partial charge in [0.05, 0.1) is 0 Å². The first-order valence-corrected chi connectivity index (χ1v) is 3.56. The van der Waals surface area contributed by atoms with Crippen LogP contribution in [0.4, 0.5) is 13.2 Å². The highest BCUT2D eigenvalue weighted by atomic mass is 79.9. The monoisotopic (exact) mass is 245 g/mol. The molecule has 0 aliphatic rings. The summed E-state index contributed by atoms with van der Waals surface area (Å²) in [5.41, 5.74) is 0. The Morgan fingerprint density at radius 1 is 1.18 bits per heavy atom. The number of aromatic nitrogens is 1. The van der Waals surface area contributed by atoms with E-state index in [2.05, 4.69) is 20.9 Å². The molecule has 1 rings (SSSR count). The maximum atomic E-state index is 12.4. The van der Waals surface area contributed by atoms with Crippen LogP contribution in [0.25, 0.3) is 0 Å². The molecule has 0 amide bonds. The summed E-state index contributed by atoms with van der Waals surface area (Å²) in [6.07, 6.45) is 0. The van der Waals surface area contributed by atoms with E-state index in [1.54, 1.807) is 0 Å². The summed E-state index contributed by atoms with van der Waals surface area (Å²) in [5, 5.41) is -0.566. The van der Waals surface area contributed by atoms with E-state index < -0.39 is 22.6 Å². The molecule has 0 aliphatic carbocycles. The number of hydrogen-bond donors (Lipinski definition) is 0. The van der Waals surface area contributed by atoms with Crippen molar-refractivity contribution >= 4 is 27.5 Å². The summed E-state index contributed by atoms with van der Waals surface area (Å²) < 4.78 is 36.6. The van der Waals surface area contributed by atoms with Crippen LogP contribution in [0.15, 0.2) is 4.60 Å². The number of rotatable bonds is 0. The minimum absolute atomic E-state index is 0.254. The molecule has 0 aliphatic heterocycles. The fourth-order valence-electron chi connectivity index (χ4n) is 0.462. The van der Waals surface area contributed by atoms with Gasteiger partial charge in [0.15, 0.2) is 5.82 Å². The molecule has 1 nitrogen and oxygen atoms in total. The molecule has 0 fully saturated rings. The normalized spacial score (nSPS) is 10.3. The summed E-state index contributed by atoms with van der Waals surface area (Å²) >= 11 is 7.81. The van der Waals surface area contributed by atoms with Crippen LogP contribution in [0.3, 0.4) is 0 Å². The van der Waals surface area contributed by atoms with E-state index in [1.165, 1.54) is 0 Å². The van der Waals surface area contributed by atoms with E-state index in [-0.39, 0.29) is 4.60 Å². The molecule has 0 unspecified atom stereocenters. The molecule has 0 spiro atoms. The van der Waals surface area contributed by atoms with Crippen molar-refractivity contribution in [1.82, 2.24) is 4.98 Å². The van der Waals surface area contributed by atoms with Crippen molar-refractivity contribution < 1.29 is 13.2 Å². The molecule has 60 valence electrons. The van der Waals surface area contributed by atoms with Crippen LogP contribution in [0.2, 0.25) is 5.02 Å². The van der Waals surface area contributed by atoms with Crippen molar-refractivity contribution in [3.8, 4) is 0 Å². The van der Waals surface area contributed by atoms with Crippen molar-refractivity contribution in [2.75, 3.05) is 0 Å². The lowest BCUT2D eigenvalue weighted by molar-refractivity contribution is 0.425. The van der Waals surface area contributed by atoms with Gasteiger partial charge in [0.2, 0.25) is 5.82 Å². The Kier molecular flexibility index (Phi) is 2.39. The fourth-order valence-corrected chi connectivity index (χ4v) is 0.917. The van der Waals surface area contributed by atoms with Crippen molar-refractivity contribution in [1.29, 1.82) is 0 Å². The van der Waals surface area contributed by atoms with Crippen molar-refractivity contribution in [2.45, 2.75) is 0 Å². The van der Waals surface area contributed by atoms with Gasteiger partial charge in [-0.2, -0.15) is 8.78 Å². The fraction of sp³-hybridized carbons (Fsp3) is 0. The van der Waals surface area contributed by atoms with Gasteiger partial charge in [0.25, 0.3) is 5.95 Å². The average Bonchev–Trinajstić information content (AvgIpc) is 1.97. The Labute approximate surface area is 73.3 Å². The highest BCUT2D eigenvalue weighted by Gasteiger charge is 2.16.